The number of nitrogens with one attached hydrogen (secondary N) is 1. The molecule has 1 fully saturated rings. The van der Waals surface area contributed by atoms with Gasteiger partial charge in [0, 0.05) is 18.6 Å². The van der Waals surface area contributed by atoms with E-state index in [4.69, 9.17) is 0 Å². The first-order chi connectivity index (χ1) is 9.54. The number of nitrogens with zero attached hydrogens (tertiary/aromatic N) is 1. The van der Waals surface area contributed by atoms with Crippen molar-refractivity contribution in [1.82, 2.24) is 10.2 Å². The molecule has 112 valence electrons. The van der Waals surface area contributed by atoms with E-state index in [9.17, 15) is 0 Å². The minimum Gasteiger partial charge on any atom is -0.315 e. The summed E-state index contributed by atoms with van der Waals surface area (Å²) >= 11 is 0. The smallest absolute Gasteiger partial charge is 0.0328 e. The normalized spacial score (nSPS) is 21.2. The van der Waals surface area contributed by atoms with E-state index in [0.29, 0.717) is 12.1 Å². The number of piperidine rings is 1. The summed E-state index contributed by atoms with van der Waals surface area (Å²) in [6.07, 6.45) is 2.63. The molecule has 0 amide bonds. The second-order valence-corrected chi connectivity index (χ2v) is 6.32. The topological polar surface area (TPSA) is 15.3 Å². The van der Waals surface area contributed by atoms with Crippen molar-refractivity contribution >= 4 is 0 Å². The molecule has 2 atom stereocenters. The van der Waals surface area contributed by atoms with Gasteiger partial charge in [0.25, 0.3) is 0 Å². The number of hydrogen-bond donors (Lipinski definition) is 1. The molecule has 1 N–H and O–H groups in total. The summed E-state index contributed by atoms with van der Waals surface area (Å²) in [4.78, 5) is 2.68. The monoisotopic (exact) mass is 274 g/mol. The third kappa shape index (κ3) is 3.24. The average Bonchev–Trinajstić information content (AvgIpc) is 2.39. The lowest BCUT2D eigenvalue weighted by Crippen LogP contribution is -2.47. The fourth-order valence-electron chi connectivity index (χ4n) is 3.98. The van der Waals surface area contributed by atoms with E-state index in [1.807, 2.05) is 0 Å². The summed E-state index contributed by atoms with van der Waals surface area (Å²) in [5, 5.41) is 3.55. The van der Waals surface area contributed by atoms with Crippen LogP contribution in [-0.4, -0.2) is 30.6 Å². The Morgan fingerprint density at radius 1 is 1.25 bits per heavy atom. The van der Waals surface area contributed by atoms with Gasteiger partial charge >= 0.3 is 0 Å². The Bertz CT molecular complexity index is 424. The van der Waals surface area contributed by atoms with Crippen molar-refractivity contribution in [2.75, 3.05) is 19.6 Å². The van der Waals surface area contributed by atoms with Gasteiger partial charge in [0.15, 0.2) is 0 Å². The van der Waals surface area contributed by atoms with E-state index < -0.39 is 0 Å². The van der Waals surface area contributed by atoms with Crippen LogP contribution in [0.2, 0.25) is 0 Å². The summed E-state index contributed by atoms with van der Waals surface area (Å²) < 4.78 is 0. The first-order valence-corrected chi connectivity index (χ1v) is 8.08. The minimum atomic E-state index is 0.505. The molecule has 0 aromatic heterocycles. The quantitative estimate of drug-likeness (QED) is 0.899. The fraction of sp³-hybridized carbons (Fsp3) is 0.667. The third-order valence-corrected chi connectivity index (χ3v) is 4.76. The van der Waals surface area contributed by atoms with Crippen LogP contribution in [0.4, 0.5) is 0 Å². The Hall–Kier alpha value is -0.860. The van der Waals surface area contributed by atoms with E-state index in [1.54, 1.807) is 0 Å². The van der Waals surface area contributed by atoms with Crippen LogP contribution >= 0.6 is 0 Å². The zero-order valence-electron chi connectivity index (χ0n) is 13.8. The van der Waals surface area contributed by atoms with E-state index in [-0.39, 0.29) is 0 Å². The van der Waals surface area contributed by atoms with Gasteiger partial charge in [0.2, 0.25) is 0 Å². The van der Waals surface area contributed by atoms with Crippen molar-refractivity contribution in [3.05, 3.63) is 34.4 Å². The second-order valence-electron chi connectivity index (χ2n) is 6.32. The molecule has 0 bridgehead atoms. The minimum absolute atomic E-state index is 0.505. The Labute approximate surface area is 124 Å². The molecule has 1 aliphatic heterocycles. The van der Waals surface area contributed by atoms with Crippen molar-refractivity contribution in [3.8, 4) is 0 Å². The highest BCUT2D eigenvalue weighted by Gasteiger charge is 2.26. The van der Waals surface area contributed by atoms with Crippen LogP contribution in [0.3, 0.4) is 0 Å². The first-order valence-electron chi connectivity index (χ1n) is 8.08. The van der Waals surface area contributed by atoms with Crippen LogP contribution in [0.5, 0.6) is 0 Å². The summed E-state index contributed by atoms with van der Waals surface area (Å²) in [6.45, 7) is 14.8. The summed E-state index contributed by atoms with van der Waals surface area (Å²) in [6, 6.07) is 5.84. The fourth-order valence-corrected chi connectivity index (χ4v) is 3.98. The molecule has 0 aliphatic carbocycles. The zero-order valence-corrected chi connectivity index (χ0v) is 13.8. The number of aryl methyl sites for hydroxylation is 3. The number of benzene rings is 1. The molecule has 1 aliphatic rings. The summed E-state index contributed by atoms with van der Waals surface area (Å²) in [5.41, 5.74) is 5.79. The van der Waals surface area contributed by atoms with Gasteiger partial charge in [-0.2, -0.15) is 0 Å². The molecule has 0 spiro atoms. The van der Waals surface area contributed by atoms with Crippen molar-refractivity contribution < 1.29 is 0 Å². The van der Waals surface area contributed by atoms with E-state index in [2.05, 4.69) is 57.0 Å². The van der Waals surface area contributed by atoms with Gasteiger partial charge in [-0.15, -0.1) is 0 Å². The predicted molar refractivity (Wildman–Crippen MR) is 87.3 cm³/mol. The maximum Gasteiger partial charge on any atom is 0.0328 e. The van der Waals surface area contributed by atoms with Crippen LogP contribution in [0, 0.1) is 20.8 Å². The molecule has 1 aromatic carbocycles. The lowest BCUT2D eigenvalue weighted by atomic mass is 9.92. The van der Waals surface area contributed by atoms with Crippen LogP contribution in [-0.2, 0) is 0 Å². The average molecular weight is 274 g/mol. The molecule has 1 aromatic rings. The van der Waals surface area contributed by atoms with E-state index >= 15 is 0 Å². The van der Waals surface area contributed by atoms with Crippen molar-refractivity contribution in [1.29, 1.82) is 0 Å². The maximum absolute atomic E-state index is 3.55. The highest BCUT2D eigenvalue weighted by atomic mass is 15.2. The molecule has 2 nitrogen and oxygen atoms in total. The molecule has 1 saturated heterocycles. The number of hydrogen-bond acceptors (Lipinski definition) is 2. The van der Waals surface area contributed by atoms with Crippen molar-refractivity contribution in [2.24, 2.45) is 0 Å². The molecule has 20 heavy (non-hydrogen) atoms. The number of rotatable bonds is 4. The Balaban J connectivity index is 2.26. The Kier molecular flexibility index (Phi) is 5.22. The lowest BCUT2D eigenvalue weighted by molar-refractivity contribution is 0.127. The van der Waals surface area contributed by atoms with Crippen molar-refractivity contribution in [2.45, 2.75) is 59.5 Å². The van der Waals surface area contributed by atoms with Crippen LogP contribution < -0.4 is 5.32 Å². The van der Waals surface area contributed by atoms with Crippen LogP contribution in [0.15, 0.2) is 12.1 Å². The predicted octanol–water partition coefficient (Wildman–Crippen LogP) is 3.75. The summed E-state index contributed by atoms with van der Waals surface area (Å²) in [5.74, 6) is 0. The molecule has 0 radical (unpaired) electrons. The second kappa shape index (κ2) is 6.73. The standard InChI is InChI=1S/C18H30N2/c1-6-20(17-8-7-9-19-12-17)16(5)18-14(3)10-13(2)11-15(18)4/h10-11,16-17,19H,6-9,12H2,1-5H3. The molecule has 1 heterocycles. The van der Waals surface area contributed by atoms with E-state index in [1.165, 1.54) is 41.6 Å². The van der Waals surface area contributed by atoms with E-state index in [0.717, 1.165) is 13.1 Å². The molecular formula is C18H30N2. The third-order valence-electron chi connectivity index (χ3n) is 4.76. The molecule has 0 saturated carbocycles. The van der Waals surface area contributed by atoms with Gasteiger partial charge in [0.05, 0.1) is 0 Å². The lowest BCUT2D eigenvalue weighted by Gasteiger charge is -2.39. The van der Waals surface area contributed by atoms with Gasteiger partial charge in [-0.25, -0.2) is 0 Å². The molecule has 2 heteroatoms. The summed E-state index contributed by atoms with van der Waals surface area (Å²) in [7, 11) is 0. The van der Waals surface area contributed by atoms with Crippen LogP contribution in [0.1, 0.15) is 55.0 Å². The Morgan fingerprint density at radius 2 is 1.90 bits per heavy atom. The van der Waals surface area contributed by atoms with Gasteiger partial charge in [-0.1, -0.05) is 24.6 Å². The molecular weight excluding hydrogens is 244 g/mol. The zero-order chi connectivity index (χ0) is 14.7. The largest absolute Gasteiger partial charge is 0.315 e. The van der Waals surface area contributed by atoms with Crippen molar-refractivity contribution in [3.63, 3.8) is 0 Å². The maximum atomic E-state index is 3.55. The highest BCUT2D eigenvalue weighted by molar-refractivity contribution is 5.39. The van der Waals surface area contributed by atoms with Crippen LogP contribution in [0.25, 0.3) is 0 Å². The van der Waals surface area contributed by atoms with Gasteiger partial charge in [0.1, 0.15) is 0 Å². The van der Waals surface area contributed by atoms with Gasteiger partial charge in [-0.05, 0) is 70.3 Å². The van der Waals surface area contributed by atoms with Gasteiger partial charge < -0.3 is 5.32 Å². The number of likely N-dealkylation sites (N-methyl/N-ethyl adjacent to an activating group) is 1. The highest BCUT2D eigenvalue weighted by Crippen LogP contribution is 2.30. The molecule has 2 rings (SSSR count). The SMILES string of the molecule is CCN(C1CCCNC1)C(C)c1c(C)cc(C)cc1C. The molecule has 2 unspecified atom stereocenters. The first kappa shape index (κ1) is 15.5. The Morgan fingerprint density at radius 3 is 2.40 bits per heavy atom. The van der Waals surface area contributed by atoms with Gasteiger partial charge in [-0.3, -0.25) is 4.90 Å².